The number of hydrogen-bond acceptors (Lipinski definition) is 8. The molecule has 1 fully saturated rings. The van der Waals surface area contributed by atoms with Crippen molar-refractivity contribution in [1.82, 2.24) is 34.8 Å². The van der Waals surface area contributed by atoms with E-state index >= 15 is 0 Å². The molecule has 0 aliphatic carbocycles. The van der Waals surface area contributed by atoms with Crippen LogP contribution in [0.5, 0.6) is 0 Å². The SMILES string of the molecule is Cc1noc([C@H](C)N2CCN(c3ncnc4c3cnn4C)CC2)n1. The Hall–Kier alpha value is -2.55. The van der Waals surface area contributed by atoms with Gasteiger partial charge >= 0.3 is 0 Å². The van der Waals surface area contributed by atoms with Crippen molar-refractivity contribution in [3.05, 3.63) is 24.2 Å². The van der Waals surface area contributed by atoms with Gasteiger partial charge in [0.1, 0.15) is 12.1 Å². The third-order valence-corrected chi connectivity index (χ3v) is 4.57. The fraction of sp³-hybridized carbons (Fsp3) is 0.533. The predicted octanol–water partition coefficient (Wildman–Crippen LogP) is 0.938. The molecule has 1 aliphatic heterocycles. The minimum Gasteiger partial charge on any atom is -0.353 e. The highest BCUT2D eigenvalue weighted by molar-refractivity contribution is 5.86. The number of aryl methyl sites for hydroxylation is 2. The topological polar surface area (TPSA) is 89.0 Å². The van der Waals surface area contributed by atoms with Gasteiger partial charge in [0, 0.05) is 33.2 Å². The molecule has 0 bridgehead atoms. The Morgan fingerprint density at radius 2 is 1.96 bits per heavy atom. The molecule has 3 aromatic rings. The van der Waals surface area contributed by atoms with Crippen LogP contribution >= 0.6 is 0 Å². The van der Waals surface area contributed by atoms with Crippen molar-refractivity contribution in [3.8, 4) is 0 Å². The van der Waals surface area contributed by atoms with Crippen LogP contribution in [0.1, 0.15) is 24.7 Å². The second-order valence-corrected chi connectivity index (χ2v) is 6.08. The molecule has 1 saturated heterocycles. The molecule has 9 heteroatoms. The van der Waals surface area contributed by atoms with Crippen LogP contribution in [-0.2, 0) is 7.05 Å². The third-order valence-electron chi connectivity index (χ3n) is 4.57. The molecule has 4 rings (SSSR count). The van der Waals surface area contributed by atoms with Crippen LogP contribution in [0, 0.1) is 6.92 Å². The van der Waals surface area contributed by atoms with Gasteiger partial charge in [-0.25, -0.2) is 9.97 Å². The predicted molar refractivity (Wildman–Crippen MR) is 87.5 cm³/mol. The molecule has 126 valence electrons. The van der Waals surface area contributed by atoms with E-state index in [4.69, 9.17) is 4.52 Å². The lowest BCUT2D eigenvalue weighted by Gasteiger charge is -2.37. The summed E-state index contributed by atoms with van der Waals surface area (Å²) in [5.41, 5.74) is 0.858. The number of anilines is 1. The number of nitrogens with zero attached hydrogens (tertiary/aromatic N) is 8. The molecular weight excluding hydrogens is 308 g/mol. The van der Waals surface area contributed by atoms with Crippen LogP contribution in [-0.4, -0.2) is 61.0 Å². The largest absolute Gasteiger partial charge is 0.353 e. The fourth-order valence-corrected chi connectivity index (χ4v) is 3.16. The molecule has 9 nitrogen and oxygen atoms in total. The van der Waals surface area contributed by atoms with Crippen molar-refractivity contribution in [1.29, 1.82) is 0 Å². The summed E-state index contributed by atoms with van der Waals surface area (Å²) in [5.74, 6) is 2.31. The van der Waals surface area contributed by atoms with Crippen LogP contribution in [0.3, 0.4) is 0 Å². The van der Waals surface area contributed by atoms with E-state index in [1.54, 1.807) is 11.0 Å². The summed E-state index contributed by atoms with van der Waals surface area (Å²) in [4.78, 5) is 17.8. The number of piperazine rings is 1. The number of aromatic nitrogens is 6. The summed E-state index contributed by atoms with van der Waals surface area (Å²) in [5, 5.41) is 9.16. The summed E-state index contributed by atoms with van der Waals surface area (Å²) >= 11 is 0. The highest BCUT2D eigenvalue weighted by Gasteiger charge is 2.27. The zero-order valence-corrected chi connectivity index (χ0v) is 14.0. The summed E-state index contributed by atoms with van der Waals surface area (Å²) in [6.07, 6.45) is 3.44. The van der Waals surface area contributed by atoms with Gasteiger partial charge in [0.25, 0.3) is 0 Å². The summed E-state index contributed by atoms with van der Waals surface area (Å²) in [7, 11) is 1.89. The maximum atomic E-state index is 5.30. The quantitative estimate of drug-likeness (QED) is 0.702. The van der Waals surface area contributed by atoms with Gasteiger partial charge in [0.15, 0.2) is 11.5 Å². The van der Waals surface area contributed by atoms with E-state index in [0.717, 1.165) is 43.0 Å². The summed E-state index contributed by atoms with van der Waals surface area (Å²) < 4.78 is 7.08. The zero-order chi connectivity index (χ0) is 16.7. The molecule has 0 aromatic carbocycles. The number of hydrogen-bond donors (Lipinski definition) is 0. The smallest absolute Gasteiger partial charge is 0.243 e. The molecule has 1 atom stereocenters. The minimum absolute atomic E-state index is 0.122. The molecule has 0 amide bonds. The van der Waals surface area contributed by atoms with E-state index in [-0.39, 0.29) is 6.04 Å². The molecular formula is C15H20N8O. The van der Waals surface area contributed by atoms with Crippen molar-refractivity contribution < 1.29 is 4.52 Å². The number of fused-ring (bicyclic) bond motifs is 1. The lowest BCUT2D eigenvalue weighted by Crippen LogP contribution is -2.47. The maximum Gasteiger partial charge on any atom is 0.243 e. The molecule has 3 aromatic heterocycles. The van der Waals surface area contributed by atoms with E-state index < -0.39 is 0 Å². The van der Waals surface area contributed by atoms with Gasteiger partial charge in [-0.1, -0.05) is 5.16 Å². The van der Waals surface area contributed by atoms with E-state index in [0.29, 0.717) is 11.7 Å². The van der Waals surface area contributed by atoms with Gasteiger partial charge < -0.3 is 9.42 Å². The monoisotopic (exact) mass is 328 g/mol. The van der Waals surface area contributed by atoms with Gasteiger partial charge in [-0.3, -0.25) is 9.58 Å². The molecule has 1 aliphatic rings. The first kappa shape index (κ1) is 15.0. The molecule has 0 unspecified atom stereocenters. The first-order chi connectivity index (χ1) is 11.6. The Morgan fingerprint density at radius 1 is 1.17 bits per heavy atom. The summed E-state index contributed by atoms with van der Waals surface area (Å²) in [6.45, 7) is 7.54. The maximum absolute atomic E-state index is 5.30. The van der Waals surface area contributed by atoms with Crippen LogP contribution in [0.2, 0.25) is 0 Å². The van der Waals surface area contributed by atoms with Gasteiger partial charge in [-0.15, -0.1) is 0 Å². The molecule has 4 heterocycles. The lowest BCUT2D eigenvalue weighted by atomic mass is 10.2. The van der Waals surface area contributed by atoms with Crippen molar-refractivity contribution in [2.24, 2.45) is 7.05 Å². The van der Waals surface area contributed by atoms with Gasteiger partial charge in [0.2, 0.25) is 5.89 Å². The van der Waals surface area contributed by atoms with Gasteiger partial charge in [-0.05, 0) is 13.8 Å². The average molecular weight is 328 g/mol. The van der Waals surface area contributed by atoms with Crippen LogP contribution in [0.15, 0.2) is 17.0 Å². The minimum atomic E-state index is 0.122. The van der Waals surface area contributed by atoms with E-state index in [1.807, 2.05) is 20.2 Å². The molecule has 24 heavy (non-hydrogen) atoms. The Balaban J connectivity index is 1.49. The van der Waals surface area contributed by atoms with Crippen LogP contribution in [0.25, 0.3) is 11.0 Å². The Bertz CT molecular complexity index is 848. The second kappa shape index (κ2) is 5.82. The Kier molecular flexibility index (Phi) is 3.64. The highest BCUT2D eigenvalue weighted by atomic mass is 16.5. The highest BCUT2D eigenvalue weighted by Crippen LogP contribution is 2.25. The Morgan fingerprint density at radius 3 is 2.67 bits per heavy atom. The Labute approximate surface area is 139 Å². The van der Waals surface area contributed by atoms with Gasteiger partial charge in [0.05, 0.1) is 17.6 Å². The van der Waals surface area contributed by atoms with Crippen molar-refractivity contribution in [2.75, 3.05) is 31.1 Å². The van der Waals surface area contributed by atoms with Crippen molar-refractivity contribution in [3.63, 3.8) is 0 Å². The van der Waals surface area contributed by atoms with E-state index in [1.165, 1.54) is 0 Å². The fourth-order valence-electron chi connectivity index (χ4n) is 3.16. The standard InChI is InChI=1S/C15H20N8O/c1-10(15-19-11(2)20-24-15)22-4-6-23(7-5-22)14-12-8-18-21(3)13(12)16-9-17-14/h8-10H,4-7H2,1-3H3/t10-/m0/s1. The first-order valence-corrected chi connectivity index (χ1v) is 8.05. The summed E-state index contributed by atoms with van der Waals surface area (Å²) in [6, 6.07) is 0.122. The van der Waals surface area contributed by atoms with Crippen molar-refractivity contribution in [2.45, 2.75) is 19.9 Å². The van der Waals surface area contributed by atoms with Crippen molar-refractivity contribution >= 4 is 16.9 Å². The number of rotatable bonds is 3. The molecule has 0 N–H and O–H groups in total. The van der Waals surface area contributed by atoms with Crippen LogP contribution < -0.4 is 4.90 Å². The molecule has 0 saturated carbocycles. The zero-order valence-electron chi connectivity index (χ0n) is 14.0. The second-order valence-electron chi connectivity index (χ2n) is 6.08. The third kappa shape index (κ3) is 2.50. The molecule has 0 radical (unpaired) electrons. The molecule has 0 spiro atoms. The van der Waals surface area contributed by atoms with Crippen LogP contribution in [0.4, 0.5) is 5.82 Å². The van der Waals surface area contributed by atoms with Gasteiger partial charge in [-0.2, -0.15) is 10.1 Å². The average Bonchev–Trinajstić information content (AvgIpc) is 3.21. The van der Waals surface area contributed by atoms with E-state index in [2.05, 4.69) is 41.9 Å². The lowest BCUT2D eigenvalue weighted by molar-refractivity contribution is 0.164. The van der Waals surface area contributed by atoms with E-state index in [9.17, 15) is 0 Å². The first-order valence-electron chi connectivity index (χ1n) is 8.05. The normalized spacial score (nSPS) is 17.5.